The molecule has 4 heteroatoms. The van der Waals surface area contributed by atoms with Gasteiger partial charge < -0.3 is 10.6 Å². The molecule has 2 rings (SSSR count). The lowest BCUT2D eigenvalue weighted by molar-refractivity contribution is -0.131. The topological polar surface area (TPSA) is 49.6 Å². The van der Waals surface area contributed by atoms with Gasteiger partial charge in [-0.25, -0.2) is 0 Å². The second kappa shape index (κ2) is 6.23. The summed E-state index contributed by atoms with van der Waals surface area (Å²) in [6, 6.07) is 0.552. The summed E-state index contributed by atoms with van der Waals surface area (Å²) in [5.74, 6) is 0.277. The van der Waals surface area contributed by atoms with Crippen molar-refractivity contribution in [2.24, 2.45) is 5.73 Å². The van der Waals surface area contributed by atoms with E-state index in [-0.39, 0.29) is 11.4 Å². The third-order valence-electron chi connectivity index (χ3n) is 4.95. The normalized spacial score (nSPS) is 26.3. The van der Waals surface area contributed by atoms with Crippen molar-refractivity contribution in [1.82, 2.24) is 9.80 Å². The highest BCUT2D eigenvalue weighted by atomic mass is 16.2. The molecular formula is C15H29N3O. The summed E-state index contributed by atoms with van der Waals surface area (Å²) < 4.78 is 0. The lowest BCUT2D eigenvalue weighted by atomic mass is 9.94. The monoisotopic (exact) mass is 267 g/mol. The second-order valence-corrected chi connectivity index (χ2v) is 6.25. The van der Waals surface area contributed by atoms with Crippen LogP contribution in [0.5, 0.6) is 0 Å². The number of hydrogen-bond acceptors (Lipinski definition) is 3. The molecule has 2 aliphatic rings. The van der Waals surface area contributed by atoms with Crippen molar-refractivity contribution in [2.75, 3.05) is 26.2 Å². The van der Waals surface area contributed by atoms with Gasteiger partial charge in [0.25, 0.3) is 0 Å². The van der Waals surface area contributed by atoms with Crippen LogP contribution in [0.25, 0.3) is 0 Å². The molecule has 1 amide bonds. The molecule has 1 saturated heterocycles. The molecule has 1 aliphatic heterocycles. The minimum atomic E-state index is -0.204. The summed E-state index contributed by atoms with van der Waals surface area (Å²) in [5, 5.41) is 0. The van der Waals surface area contributed by atoms with Gasteiger partial charge in [-0.3, -0.25) is 9.69 Å². The lowest BCUT2D eigenvalue weighted by Gasteiger charge is -2.28. The highest BCUT2D eigenvalue weighted by Crippen LogP contribution is 2.31. The van der Waals surface area contributed by atoms with Gasteiger partial charge >= 0.3 is 0 Å². The molecule has 0 aromatic rings. The average Bonchev–Trinajstić information content (AvgIpc) is 3.00. The Morgan fingerprint density at radius 3 is 2.53 bits per heavy atom. The number of amides is 1. The Kier molecular flexibility index (Phi) is 4.85. The molecule has 0 aromatic heterocycles. The van der Waals surface area contributed by atoms with Gasteiger partial charge in [0.15, 0.2) is 0 Å². The van der Waals surface area contributed by atoms with Gasteiger partial charge in [0.05, 0.1) is 0 Å². The quantitative estimate of drug-likeness (QED) is 0.823. The molecule has 0 bridgehead atoms. The number of nitrogens with two attached hydrogens (primary N) is 1. The molecule has 1 heterocycles. The Morgan fingerprint density at radius 2 is 1.95 bits per heavy atom. The van der Waals surface area contributed by atoms with Gasteiger partial charge in [-0.15, -0.1) is 0 Å². The molecule has 2 N–H and O–H groups in total. The smallest absolute Gasteiger partial charge is 0.224 e. The summed E-state index contributed by atoms with van der Waals surface area (Å²) in [4.78, 5) is 16.9. The van der Waals surface area contributed by atoms with Gasteiger partial charge in [0.1, 0.15) is 0 Å². The molecule has 1 unspecified atom stereocenters. The van der Waals surface area contributed by atoms with E-state index >= 15 is 0 Å². The van der Waals surface area contributed by atoms with E-state index in [1.54, 1.807) is 0 Å². The maximum Gasteiger partial charge on any atom is 0.224 e. The van der Waals surface area contributed by atoms with Crippen LogP contribution in [-0.2, 0) is 4.79 Å². The fraction of sp³-hybridized carbons (Fsp3) is 0.933. The number of likely N-dealkylation sites (N-methyl/N-ethyl adjacent to an activating group) is 1. The van der Waals surface area contributed by atoms with E-state index in [2.05, 4.69) is 18.7 Å². The Balaban J connectivity index is 1.84. The molecule has 1 aliphatic carbocycles. The fourth-order valence-electron chi connectivity index (χ4n) is 3.68. The average molecular weight is 267 g/mol. The summed E-state index contributed by atoms with van der Waals surface area (Å²) in [6.07, 6.45) is 6.08. The van der Waals surface area contributed by atoms with Crippen LogP contribution >= 0.6 is 0 Å². The van der Waals surface area contributed by atoms with Crippen LogP contribution < -0.4 is 5.73 Å². The Morgan fingerprint density at radius 1 is 1.32 bits per heavy atom. The third kappa shape index (κ3) is 3.48. The minimum absolute atomic E-state index is 0.204. The van der Waals surface area contributed by atoms with E-state index in [0.29, 0.717) is 12.5 Å². The van der Waals surface area contributed by atoms with Crippen LogP contribution in [0, 0.1) is 0 Å². The molecule has 1 atom stereocenters. The minimum Gasteiger partial charge on any atom is -0.341 e. The maximum atomic E-state index is 12.4. The van der Waals surface area contributed by atoms with Crippen molar-refractivity contribution in [3.8, 4) is 0 Å². The van der Waals surface area contributed by atoms with Crippen LogP contribution in [0.4, 0.5) is 0 Å². The first kappa shape index (κ1) is 14.8. The molecular weight excluding hydrogens is 238 g/mol. The zero-order valence-electron chi connectivity index (χ0n) is 12.5. The van der Waals surface area contributed by atoms with E-state index in [1.807, 2.05) is 4.90 Å². The molecule has 0 radical (unpaired) electrons. The van der Waals surface area contributed by atoms with Crippen molar-refractivity contribution < 1.29 is 4.79 Å². The molecule has 110 valence electrons. The van der Waals surface area contributed by atoms with Gasteiger partial charge in [-0.2, -0.15) is 0 Å². The highest BCUT2D eigenvalue weighted by molar-refractivity contribution is 5.77. The van der Waals surface area contributed by atoms with E-state index < -0.39 is 0 Å². The van der Waals surface area contributed by atoms with E-state index in [1.165, 1.54) is 12.8 Å². The van der Waals surface area contributed by atoms with E-state index in [0.717, 1.165) is 45.4 Å². The van der Waals surface area contributed by atoms with Crippen LogP contribution in [0.3, 0.4) is 0 Å². The number of likely N-dealkylation sites (tertiary alicyclic amines) is 1. The largest absolute Gasteiger partial charge is 0.341 e. The summed E-state index contributed by atoms with van der Waals surface area (Å²) in [6.45, 7) is 8.35. The summed E-state index contributed by atoms with van der Waals surface area (Å²) in [7, 11) is 0. The van der Waals surface area contributed by atoms with Crippen LogP contribution in [-0.4, -0.2) is 53.5 Å². The SMILES string of the molecule is CCN(CC)C1CCN(C(=O)CC2(N)CCCC2)C1. The van der Waals surface area contributed by atoms with Gasteiger partial charge in [-0.05, 0) is 32.4 Å². The molecule has 0 aromatic carbocycles. The van der Waals surface area contributed by atoms with Crippen molar-refractivity contribution in [2.45, 2.75) is 64.0 Å². The van der Waals surface area contributed by atoms with Crippen LogP contribution in [0.2, 0.25) is 0 Å². The first-order valence-corrected chi connectivity index (χ1v) is 7.88. The second-order valence-electron chi connectivity index (χ2n) is 6.25. The zero-order chi connectivity index (χ0) is 13.9. The zero-order valence-corrected chi connectivity index (χ0v) is 12.5. The summed E-state index contributed by atoms with van der Waals surface area (Å²) >= 11 is 0. The lowest BCUT2D eigenvalue weighted by Crippen LogP contribution is -2.44. The van der Waals surface area contributed by atoms with Crippen molar-refractivity contribution in [3.63, 3.8) is 0 Å². The number of carbonyl (C=O) groups is 1. The van der Waals surface area contributed by atoms with Crippen LogP contribution in [0.1, 0.15) is 52.4 Å². The van der Waals surface area contributed by atoms with Gasteiger partial charge in [-0.1, -0.05) is 26.7 Å². The number of carbonyl (C=O) groups excluding carboxylic acids is 1. The molecule has 19 heavy (non-hydrogen) atoms. The van der Waals surface area contributed by atoms with Crippen molar-refractivity contribution in [1.29, 1.82) is 0 Å². The third-order valence-corrected chi connectivity index (χ3v) is 4.95. The predicted molar refractivity (Wildman–Crippen MR) is 77.9 cm³/mol. The van der Waals surface area contributed by atoms with E-state index in [9.17, 15) is 4.79 Å². The van der Waals surface area contributed by atoms with Gasteiger partial charge in [0.2, 0.25) is 5.91 Å². The highest BCUT2D eigenvalue weighted by Gasteiger charge is 2.36. The predicted octanol–water partition coefficient (Wildman–Crippen LogP) is 1.59. The maximum absolute atomic E-state index is 12.4. The van der Waals surface area contributed by atoms with Crippen LogP contribution in [0.15, 0.2) is 0 Å². The number of hydrogen-bond donors (Lipinski definition) is 1. The molecule has 4 nitrogen and oxygen atoms in total. The first-order chi connectivity index (χ1) is 9.08. The Bertz CT molecular complexity index is 309. The standard InChI is InChI=1S/C15H29N3O/c1-3-17(4-2)13-7-10-18(12-13)14(19)11-15(16)8-5-6-9-15/h13H,3-12,16H2,1-2H3. The Labute approximate surface area is 117 Å². The first-order valence-electron chi connectivity index (χ1n) is 7.88. The van der Waals surface area contributed by atoms with E-state index in [4.69, 9.17) is 5.73 Å². The molecule has 2 fully saturated rings. The Hall–Kier alpha value is -0.610. The number of nitrogens with zero attached hydrogens (tertiary/aromatic N) is 2. The molecule has 0 spiro atoms. The number of rotatable bonds is 5. The van der Waals surface area contributed by atoms with Gasteiger partial charge in [0, 0.05) is 31.1 Å². The van der Waals surface area contributed by atoms with Crippen molar-refractivity contribution in [3.05, 3.63) is 0 Å². The van der Waals surface area contributed by atoms with Crippen molar-refractivity contribution >= 4 is 5.91 Å². The fourth-order valence-corrected chi connectivity index (χ4v) is 3.68. The molecule has 1 saturated carbocycles. The summed E-state index contributed by atoms with van der Waals surface area (Å²) in [5.41, 5.74) is 6.11.